The fourth-order valence-electron chi connectivity index (χ4n) is 2.90. The molecule has 1 fully saturated rings. The van der Waals surface area contributed by atoms with Crippen molar-refractivity contribution in [3.05, 3.63) is 11.7 Å². The Kier molecular flexibility index (Phi) is 4.95. The molecule has 1 heterocycles. The Hall–Kier alpha value is -1.37. The van der Waals surface area contributed by atoms with Gasteiger partial charge in [0.25, 0.3) is 0 Å². The van der Waals surface area contributed by atoms with Gasteiger partial charge < -0.3 is 4.52 Å². The minimum absolute atomic E-state index is 0.475. The van der Waals surface area contributed by atoms with Crippen molar-refractivity contribution in [1.82, 2.24) is 10.1 Å². The van der Waals surface area contributed by atoms with Crippen LogP contribution in [0.25, 0.3) is 0 Å². The molecule has 19 heavy (non-hydrogen) atoms. The van der Waals surface area contributed by atoms with Crippen LogP contribution in [0, 0.1) is 23.2 Å². The molecule has 0 amide bonds. The summed E-state index contributed by atoms with van der Waals surface area (Å²) >= 11 is 0. The van der Waals surface area contributed by atoms with Crippen molar-refractivity contribution in [1.29, 1.82) is 5.26 Å². The normalized spacial score (nSPS) is 23.5. The molecule has 104 valence electrons. The highest BCUT2D eigenvalue weighted by molar-refractivity contribution is 4.98. The van der Waals surface area contributed by atoms with E-state index in [4.69, 9.17) is 9.78 Å². The van der Waals surface area contributed by atoms with Crippen LogP contribution < -0.4 is 0 Å². The van der Waals surface area contributed by atoms with E-state index < -0.39 is 0 Å². The summed E-state index contributed by atoms with van der Waals surface area (Å²) in [4.78, 5) is 4.49. The van der Waals surface area contributed by atoms with Crippen molar-refractivity contribution < 1.29 is 4.52 Å². The van der Waals surface area contributed by atoms with Gasteiger partial charge in [-0.05, 0) is 43.9 Å². The van der Waals surface area contributed by atoms with Crippen LogP contribution >= 0.6 is 0 Å². The van der Waals surface area contributed by atoms with Crippen molar-refractivity contribution >= 4 is 0 Å². The largest absolute Gasteiger partial charge is 0.339 e. The molecular formula is C15H23N3O. The van der Waals surface area contributed by atoms with Crippen molar-refractivity contribution in [2.45, 2.75) is 64.7 Å². The second-order valence-electron chi connectivity index (χ2n) is 5.91. The molecule has 0 spiro atoms. The molecule has 1 aliphatic carbocycles. The first kappa shape index (κ1) is 14.0. The monoisotopic (exact) mass is 261 g/mol. The zero-order valence-electron chi connectivity index (χ0n) is 11.9. The maximum atomic E-state index is 8.51. The predicted octanol–water partition coefficient (Wildman–Crippen LogP) is 3.85. The molecule has 0 N–H and O–H groups in total. The number of rotatable bonds is 5. The zero-order valence-corrected chi connectivity index (χ0v) is 11.9. The lowest BCUT2D eigenvalue weighted by Gasteiger charge is -2.29. The summed E-state index contributed by atoms with van der Waals surface area (Å²) in [5.41, 5.74) is 0. The maximum absolute atomic E-state index is 8.51. The number of hydrogen-bond donors (Lipinski definition) is 0. The minimum Gasteiger partial charge on any atom is -0.339 e. The van der Waals surface area contributed by atoms with Gasteiger partial charge in [-0.15, -0.1) is 0 Å². The summed E-state index contributed by atoms with van der Waals surface area (Å²) in [6.45, 7) is 4.62. The molecule has 1 aromatic rings. The second kappa shape index (κ2) is 6.70. The van der Waals surface area contributed by atoms with E-state index in [2.05, 4.69) is 30.1 Å². The van der Waals surface area contributed by atoms with Crippen LogP contribution in [0.4, 0.5) is 0 Å². The first-order valence-electron chi connectivity index (χ1n) is 7.40. The molecule has 0 aliphatic heterocycles. The number of nitrogens with zero attached hydrogens (tertiary/aromatic N) is 3. The number of hydrogen-bond acceptors (Lipinski definition) is 4. The molecule has 0 radical (unpaired) electrons. The highest BCUT2D eigenvalue weighted by atomic mass is 16.5. The van der Waals surface area contributed by atoms with E-state index in [1.807, 2.05) is 0 Å². The number of aromatic nitrogens is 2. The molecule has 1 saturated carbocycles. The topological polar surface area (TPSA) is 62.7 Å². The lowest BCUT2D eigenvalue weighted by Crippen LogP contribution is -2.18. The zero-order chi connectivity index (χ0) is 13.7. The van der Waals surface area contributed by atoms with Crippen LogP contribution in [-0.4, -0.2) is 10.1 Å². The Morgan fingerprint density at radius 1 is 1.32 bits per heavy atom. The van der Waals surface area contributed by atoms with Gasteiger partial charge in [0.1, 0.15) is 0 Å². The molecule has 0 unspecified atom stereocenters. The molecule has 4 heteroatoms. The van der Waals surface area contributed by atoms with Crippen LogP contribution in [0.15, 0.2) is 4.52 Å². The number of nitriles is 1. The Bertz CT molecular complexity index is 425. The van der Waals surface area contributed by atoms with Gasteiger partial charge in [-0.1, -0.05) is 19.0 Å². The van der Waals surface area contributed by atoms with E-state index in [0.29, 0.717) is 18.2 Å². The van der Waals surface area contributed by atoms with Gasteiger partial charge >= 0.3 is 0 Å². The van der Waals surface area contributed by atoms with Crippen LogP contribution in [-0.2, 0) is 6.42 Å². The van der Waals surface area contributed by atoms with Crippen molar-refractivity contribution in [3.63, 3.8) is 0 Å². The van der Waals surface area contributed by atoms with Gasteiger partial charge in [0, 0.05) is 18.8 Å². The average Bonchev–Trinajstić information content (AvgIpc) is 2.88. The van der Waals surface area contributed by atoms with Crippen molar-refractivity contribution in [3.8, 4) is 6.07 Å². The summed E-state index contributed by atoms with van der Waals surface area (Å²) < 4.78 is 5.27. The smallest absolute Gasteiger partial charge is 0.226 e. The Labute approximate surface area is 115 Å². The van der Waals surface area contributed by atoms with Gasteiger partial charge in [0.15, 0.2) is 5.82 Å². The van der Waals surface area contributed by atoms with Gasteiger partial charge in [-0.25, -0.2) is 0 Å². The standard InChI is InChI=1S/C15H23N3O/c1-11(2)12-6-8-13(9-7-12)15-17-14(19-18-15)5-3-4-10-16/h11-13H,3-9H2,1-2H3. The van der Waals surface area contributed by atoms with Crippen molar-refractivity contribution in [2.75, 3.05) is 0 Å². The molecule has 0 atom stereocenters. The number of unbranched alkanes of at least 4 members (excludes halogenated alkanes) is 1. The van der Waals surface area contributed by atoms with E-state index in [1.165, 1.54) is 25.7 Å². The van der Waals surface area contributed by atoms with Crippen LogP contribution in [0.3, 0.4) is 0 Å². The second-order valence-corrected chi connectivity index (χ2v) is 5.91. The molecule has 2 rings (SSSR count). The summed E-state index contributed by atoms with van der Waals surface area (Å²) in [5, 5.41) is 12.6. The molecule has 0 saturated heterocycles. The molecule has 1 aromatic heterocycles. The van der Waals surface area contributed by atoms with E-state index in [9.17, 15) is 0 Å². The van der Waals surface area contributed by atoms with E-state index >= 15 is 0 Å². The first-order chi connectivity index (χ1) is 9.20. The Morgan fingerprint density at radius 2 is 2.05 bits per heavy atom. The van der Waals surface area contributed by atoms with Crippen LogP contribution in [0.2, 0.25) is 0 Å². The molecule has 4 nitrogen and oxygen atoms in total. The highest BCUT2D eigenvalue weighted by Crippen LogP contribution is 2.37. The third kappa shape index (κ3) is 3.79. The number of aryl methyl sites for hydroxylation is 1. The lowest BCUT2D eigenvalue weighted by atomic mass is 9.77. The average molecular weight is 261 g/mol. The molecule has 0 aromatic carbocycles. The predicted molar refractivity (Wildman–Crippen MR) is 72.4 cm³/mol. The van der Waals surface area contributed by atoms with Crippen LogP contribution in [0.5, 0.6) is 0 Å². The molecule has 1 aliphatic rings. The fraction of sp³-hybridized carbons (Fsp3) is 0.800. The minimum atomic E-state index is 0.475. The quantitative estimate of drug-likeness (QED) is 0.755. The van der Waals surface area contributed by atoms with Crippen molar-refractivity contribution in [2.24, 2.45) is 11.8 Å². The highest BCUT2D eigenvalue weighted by Gasteiger charge is 2.27. The lowest BCUT2D eigenvalue weighted by molar-refractivity contribution is 0.251. The summed E-state index contributed by atoms with van der Waals surface area (Å²) in [6.07, 6.45) is 7.00. The summed E-state index contributed by atoms with van der Waals surface area (Å²) in [6, 6.07) is 2.13. The summed E-state index contributed by atoms with van der Waals surface area (Å²) in [5.74, 6) is 3.69. The summed E-state index contributed by atoms with van der Waals surface area (Å²) in [7, 11) is 0. The van der Waals surface area contributed by atoms with E-state index in [-0.39, 0.29) is 0 Å². The van der Waals surface area contributed by atoms with E-state index in [1.54, 1.807) is 0 Å². The van der Waals surface area contributed by atoms with Gasteiger partial charge in [0.05, 0.1) is 6.07 Å². The SMILES string of the molecule is CC(C)C1CCC(c2noc(CCCC#N)n2)CC1. The molecular weight excluding hydrogens is 238 g/mol. The van der Waals surface area contributed by atoms with Crippen LogP contribution in [0.1, 0.15) is 70.0 Å². The Morgan fingerprint density at radius 3 is 2.68 bits per heavy atom. The Balaban J connectivity index is 1.85. The maximum Gasteiger partial charge on any atom is 0.226 e. The van der Waals surface area contributed by atoms with Gasteiger partial charge in [-0.3, -0.25) is 0 Å². The van der Waals surface area contributed by atoms with Gasteiger partial charge in [0.2, 0.25) is 5.89 Å². The molecule has 0 bridgehead atoms. The first-order valence-corrected chi connectivity index (χ1v) is 7.40. The van der Waals surface area contributed by atoms with Gasteiger partial charge in [-0.2, -0.15) is 10.2 Å². The van der Waals surface area contributed by atoms with E-state index in [0.717, 1.165) is 30.5 Å². The third-order valence-electron chi connectivity index (χ3n) is 4.24. The third-order valence-corrected chi connectivity index (χ3v) is 4.24. The fourth-order valence-corrected chi connectivity index (χ4v) is 2.90.